The van der Waals surface area contributed by atoms with E-state index in [1.54, 1.807) is 21.3 Å². The minimum Gasteiger partial charge on any atom is -0.496 e. The number of hydrogen-bond donors (Lipinski definition) is 0. The maximum absolute atomic E-state index is 13.2. The third kappa shape index (κ3) is 3.31. The number of methoxy groups -OCH3 is 3. The Morgan fingerprint density at radius 3 is 2.20 bits per heavy atom. The van der Waals surface area contributed by atoms with Crippen molar-refractivity contribution in [1.29, 1.82) is 0 Å². The number of carbonyl (C=O) groups is 1. The molecule has 0 bridgehead atoms. The highest BCUT2D eigenvalue weighted by Crippen LogP contribution is 2.35. The Labute approximate surface area is 178 Å². The van der Waals surface area contributed by atoms with Crippen LogP contribution in [0, 0.1) is 0 Å². The molecule has 1 heterocycles. The summed E-state index contributed by atoms with van der Waals surface area (Å²) < 4.78 is 19.4. The van der Waals surface area contributed by atoms with Crippen LogP contribution in [0.5, 0.6) is 17.2 Å². The van der Waals surface area contributed by atoms with Gasteiger partial charge in [-0.1, -0.05) is 35.6 Å². The van der Waals surface area contributed by atoms with E-state index in [1.165, 1.54) is 11.3 Å². The van der Waals surface area contributed by atoms with Crippen molar-refractivity contribution in [1.82, 2.24) is 4.57 Å². The number of thiazole rings is 1. The van der Waals surface area contributed by atoms with Crippen molar-refractivity contribution < 1.29 is 19.0 Å². The summed E-state index contributed by atoms with van der Waals surface area (Å²) in [5, 5.41) is 1.96. The van der Waals surface area contributed by atoms with Crippen LogP contribution in [0.15, 0.2) is 53.5 Å². The molecular weight excluding hydrogens is 400 g/mol. The quantitative estimate of drug-likeness (QED) is 0.470. The van der Waals surface area contributed by atoms with Crippen LogP contribution in [0.4, 0.5) is 0 Å². The molecule has 30 heavy (non-hydrogen) atoms. The highest BCUT2D eigenvalue weighted by molar-refractivity contribution is 7.16. The standard InChI is InChI=1S/C23H22N2O4S/c1-5-25-20-17(27-2)10-11-18(28-3)21(20)30-23(25)24-22(26)16-12-14-8-6-7-9-15(14)13-19(16)29-4/h6-13H,5H2,1-4H3. The highest BCUT2D eigenvalue weighted by Gasteiger charge is 2.18. The van der Waals surface area contributed by atoms with Crippen LogP contribution < -0.4 is 19.0 Å². The second-order valence-electron chi connectivity index (χ2n) is 6.59. The predicted molar refractivity (Wildman–Crippen MR) is 119 cm³/mol. The first-order chi connectivity index (χ1) is 14.6. The Morgan fingerprint density at radius 2 is 1.57 bits per heavy atom. The first kappa shape index (κ1) is 20.0. The summed E-state index contributed by atoms with van der Waals surface area (Å²) in [5.74, 6) is 1.57. The van der Waals surface area contributed by atoms with Gasteiger partial charge in [-0.3, -0.25) is 4.79 Å². The predicted octanol–water partition coefficient (Wildman–Crippen LogP) is 4.64. The second kappa shape index (κ2) is 8.20. The Balaban J connectivity index is 1.93. The lowest BCUT2D eigenvalue weighted by Crippen LogP contribution is -2.16. The molecule has 0 N–H and O–H groups in total. The van der Waals surface area contributed by atoms with E-state index in [2.05, 4.69) is 4.99 Å². The largest absolute Gasteiger partial charge is 0.496 e. The Kier molecular flexibility index (Phi) is 5.46. The molecule has 0 fully saturated rings. The molecule has 0 aliphatic rings. The zero-order valence-electron chi connectivity index (χ0n) is 17.3. The van der Waals surface area contributed by atoms with Gasteiger partial charge in [-0.2, -0.15) is 4.99 Å². The first-order valence-electron chi connectivity index (χ1n) is 9.51. The van der Waals surface area contributed by atoms with Gasteiger partial charge in [-0.15, -0.1) is 0 Å². The number of rotatable bonds is 5. The van der Waals surface area contributed by atoms with Crippen molar-refractivity contribution in [3.8, 4) is 17.2 Å². The molecule has 0 atom stereocenters. The Bertz CT molecular complexity index is 1320. The van der Waals surface area contributed by atoms with Gasteiger partial charge in [0.1, 0.15) is 27.5 Å². The molecule has 0 unspecified atom stereocenters. The first-order valence-corrected chi connectivity index (χ1v) is 10.3. The van der Waals surface area contributed by atoms with Crippen molar-refractivity contribution in [2.24, 2.45) is 4.99 Å². The van der Waals surface area contributed by atoms with Gasteiger partial charge in [0.15, 0.2) is 4.80 Å². The fourth-order valence-corrected chi connectivity index (χ4v) is 4.74. The van der Waals surface area contributed by atoms with Crippen LogP contribution in [0.3, 0.4) is 0 Å². The molecule has 154 valence electrons. The normalized spacial score (nSPS) is 11.8. The summed E-state index contributed by atoms with van der Waals surface area (Å²) in [6.07, 6.45) is 0. The van der Waals surface area contributed by atoms with Gasteiger partial charge in [0.2, 0.25) is 0 Å². The molecule has 0 aliphatic carbocycles. The van der Waals surface area contributed by atoms with Gasteiger partial charge >= 0.3 is 0 Å². The van der Waals surface area contributed by atoms with E-state index in [4.69, 9.17) is 14.2 Å². The van der Waals surface area contributed by atoms with Crippen molar-refractivity contribution in [2.75, 3.05) is 21.3 Å². The third-order valence-corrected chi connectivity index (χ3v) is 6.10. The summed E-state index contributed by atoms with van der Waals surface area (Å²) in [7, 11) is 4.81. The lowest BCUT2D eigenvalue weighted by molar-refractivity contribution is 0.0995. The molecule has 0 aliphatic heterocycles. The lowest BCUT2D eigenvalue weighted by Gasteiger charge is -2.09. The SMILES string of the molecule is CCn1c(=NC(=O)c2cc3ccccc3cc2OC)sc2c(OC)ccc(OC)c21. The summed E-state index contributed by atoms with van der Waals surface area (Å²) in [6, 6.07) is 15.2. The van der Waals surface area contributed by atoms with Crippen LogP contribution >= 0.6 is 11.3 Å². The number of benzene rings is 3. The molecular formula is C23H22N2O4S. The minimum atomic E-state index is -0.357. The highest BCUT2D eigenvalue weighted by atomic mass is 32.1. The zero-order chi connectivity index (χ0) is 21.3. The molecule has 1 amide bonds. The van der Waals surface area contributed by atoms with Gasteiger partial charge < -0.3 is 18.8 Å². The fourth-order valence-electron chi connectivity index (χ4n) is 3.54. The summed E-state index contributed by atoms with van der Waals surface area (Å²) in [5.41, 5.74) is 1.29. The number of fused-ring (bicyclic) bond motifs is 2. The van der Waals surface area contributed by atoms with Crippen molar-refractivity contribution >= 4 is 38.2 Å². The number of nitrogens with zero attached hydrogens (tertiary/aromatic N) is 2. The van der Waals surface area contributed by atoms with Crippen molar-refractivity contribution in [3.63, 3.8) is 0 Å². The topological polar surface area (TPSA) is 62.1 Å². The summed E-state index contributed by atoms with van der Waals surface area (Å²) >= 11 is 1.40. The number of aromatic nitrogens is 1. The molecule has 0 radical (unpaired) electrons. The third-order valence-electron chi connectivity index (χ3n) is 5.00. The average Bonchev–Trinajstić information content (AvgIpc) is 3.15. The molecule has 4 aromatic rings. The Morgan fingerprint density at radius 1 is 0.933 bits per heavy atom. The molecule has 0 spiro atoms. The molecule has 6 nitrogen and oxygen atoms in total. The molecule has 7 heteroatoms. The molecule has 0 saturated heterocycles. The number of carbonyl (C=O) groups excluding carboxylic acids is 1. The van der Waals surface area contributed by atoms with Crippen LogP contribution in [-0.4, -0.2) is 31.8 Å². The number of aryl methyl sites for hydroxylation is 1. The molecule has 4 rings (SSSR count). The van der Waals surface area contributed by atoms with Gasteiger partial charge in [0, 0.05) is 6.54 Å². The van der Waals surface area contributed by atoms with E-state index in [9.17, 15) is 4.79 Å². The summed E-state index contributed by atoms with van der Waals surface area (Å²) in [6.45, 7) is 2.63. The van der Waals surface area contributed by atoms with Crippen LogP contribution in [0.25, 0.3) is 21.0 Å². The van der Waals surface area contributed by atoms with E-state index < -0.39 is 0 Å². The van der Waals surface area contributed by atoms with E-state index in [0.29, 0.717) is 28.4 Å². The van der Waals surface area contributed by atoms with E-state index >= 15 is 0 Å². The van der Waals surface area contributed by atoms with Crippen molar-refractivity contribution in [2.45, 2.75) is 13.5 Å². The monoisotopic (exact) mass is 422 g/mol. The lowest BCUT2D eigenvalue weighted by atomic mass is 10.1. The fraction of sp³-hybridized carbons (Fsp3) is 0.217. The smallest absolute Gasteiger partial charge is 0.283 e. The van der Waals surface area contributed by atoms with Gasteiger partial charge in [-0.25, -0.2) is 0 Å². The zero-order valence-corrected chi connectivity index (χ0v) is 18.1. The van der Waals surface area contributed by atoms with E-state index in [0.717, 1.165) is 26.7 Å². The number of ether oxygens (including phenoxy) is 3. The Hall–Kier alpha value is -3.32. The van der Waals surface area contributed by atoms with Crippen LogP contribution in [0.2, 0.25) is 0 Å². The average molecular weight is 423 g/mol. The minimum absolute atomic E-state index is 0.357. The van der Waals surface area contributed by atoms with Gasteiger partial charge in [0.25, 0.3) is 5.91 Å². The van der Waals surface area contributed by atoms with E-state index in [1.807, 2.05) is 60.0 Å². The van der Waals surface area contributed by atoms with Gasteiger partial charge in [-0.05, 0) is 42.0 Å². The van der Waals surface area contributed by atoms with E-state index in [-0.39, 0.29) is 5.91 Å². The van der Waals surface area contributed by atoms with Gasteiger partial charge in [0.05, 0.1) is 26.9 Å². The molecule has 1 aromatic heterocycles. The summed E-state index contributed by atoms with van der Waals surface area (Å²) in [4.78, 5) is 18.2. The van der Waals surface area contributed by atoms with Crippen LogP contribution in [-0.2, 0) is 6.54 Å². The maximum Gasteiger partial charge on any atom is 0.283 e. The second-order valence-corrected chi connectivity index (χ2v) is 7.57. The number of amides is 1. The van der Waals surface area contributed by atoms with Crippen LogP contribution in [0.1, 0.15) is 17.3 Å². The van der Waals surface area contributed by atoms with Crippen molar-refractivity contribution in [3.05, 3.63) is 58.9 Å². The molecule has 3 aromatic carbocycles. The molecule has 0 saturated carbocycles. The maximum atomic E-state index is 13.2. The number of hydrogen-bond acceptors (Lipinski definition) is 5.